The quantitative estimate of drug-likeness (QED) is 0.558. The number of hydrogen-bond acceptors (Lipinski definition) is 2. The minimum Gasteiger partial charge on any atom is -0.379 e. The first-order valence-electron chi connectivity index (χ1n) is 2.89. The number of allylic oxidation sites excluding steroid dienone is 1. The maximum absolute atomic E-state index is 12.2. The van der Waals surface area contributed by atoms with Crippen LogP contribution < -0.4 is 5.32 Å². The van der Waals surface area contributed by atoms with Gasteiger partial charge in [0.1, 0.15) is 12.1 Å². The molecule has 2 N–H and O–H groups in total. The second-order valence-electron chi connectivity index (χ2n) is 1.79. The van der Waals surface area contributed by atoms with E-state index in [0.29, 0.717) is 0 Å². The summed E-state index contributed by atoms with van der Waals surface area (Å²) in [7, 11) is 0. The van der Waals surface area contributed by atoms with Crippen LogP contribution in [0.2, 0.25) is 0 Å². The van der Waals surface area contributed by atoms with Crippen LogP contribution in [0.3, 0.4) is 0 Å². The van der Waals surface area contributed by atoms with Crippen molar-refractivity contribution < 1.29 is 9.50 Å². The Balaban J connectivity index is 3.28. The van der Waals surface area contributed by atoms with Gasteiger partial charge < -0.3 is 5.11 Å². The normalized spacial score (nSPS) is 15.8. The molecule has 0 aliphatic heterocycles. The van der Waals surface area contributed by atoms with Crippen molar-refractivity contribution in [2.75, 3.05) is 6.54 Å². The largest absolute Gasteiger partial charge is 0.379 e. The topological polar surface area (TPSA) is 32.3 Å². The lowest BCUT2D eigenvalue weighted by molar-refractivity contribution is 0.158. The van der Waals surface area contributed by atoms with Gasteiger partial charge >= 0.3 is 0 Å². The summed E-state index contributed by atoms with van der Waals surface area (Å²) in [6.45, 7) is 3.26. The zero-order valence-corrected chi connectivity index (χ0v) is 5.69. The molecule has 3 heteroatoms. The SMILES string of the molecule is C/C=C(/F)CNC(C)O. The molecule has 2 nitrogen and oxygen atoms in total. The molecule has 0 aromatic heterocycles. The van der Waals surface area contributed by atoms with E-state index in [0.717, 1.165) is 0 Å². The molecular formula is C6H12FNO. The predicted molar refractivity (Wildman–Crippen MR) is 34.5 cm³/mol. The van der Waals surface area contributed by atoms with Crippen LogP contribution >= 0.6 is 0 Å². The Hall–Kier alpha value is -0.410. The summed E-state index contributed by atoms with van der Waals surface area (Å²) in [6.07, 6.45) is 0.714. The third-order valence-electron chi connectivity index (χ3n) is 0.880. The van der Waals surface area contributed by atoms with Crippen molar-refractivity contribution >= 4 is 0 Å². The fraction of sp³-hybridized carbons (Fsp3) is 0.667. The predicted octanol–water partition coefficient (Wildman–Crippen LogP) is 0.788. The molecule has 1 unspecified atom stereocenters. The Labute approximate surface area is 54.4 Å². The molecule has 0 rings (SSSR count). The molecule has 0 aromatic carbocycles. The van der Waals surface area contributed by atoms with E-state index in [2.05, 4.69) is 5.32 Å². The lowest BCUT2D eigenvalue weighted by Crippen LogP contribution is -2.26. The van der Waals surface area contributed by atoms with Crippen molar-refractivity contribution in [1.29, 1.82) is 0 Å². The van der Waals surface area contributed by atoms with Crippen molar-refractivity contribution in [3.05, 3.63) is 11.9 Å². The summed E-state index contributed by atoms with van der Waals surface area (Å²) in [5.74, 6) is -0.254. The van der Waals surface area contributed by atoms with E-state index in [1.165, 1.54) is 6.08 Å². The highest BCUT2D eigenvalue weighted by molar-refractivity contribution is 4.90. The average molecular weight is 133 g/mol. The van der Waals surface area contributed by atoms with Crippen LogP contribution in [0.25, 0.3) is 0 Å². The Bertz CT molecular complexity index is 101. The van der Waals surface area contributed by atoms with E-state index in [1.807, 2.05) is 0 Å². The summed E-state index contributed by atoms with van der Waals surface area (Å²) in [6, 6.07) is 0. The van der Waals surface area contributed by atoms with Gasteiger partial charge in [0.05, 0.1) is 0 Å². The first-order chi connectivity index (χ1) is 4.16. The van der Waals surface area contributed by atoms with Crippen LogP contribution in [0.4, 0.5) is 4.39 Å². The molecule has 0 bridgehead atoms. The first-order valence-corrected chi connectivity index (χ1v) is 2.89. The molecule has 0 saturated heterocycles. The Morgan fingerprint density at radius 3 is 2.78 bits per heavy atom. The Morgan fingerprint density at radius 2 is 2.44 bits per heavy atom. The molecule has 1 atom stereocenters. The van der Waals surface area contributed by atoms with Crippen LogP contribution in [0.15, 0.2) is 11.9 Å². The van der Waals surface area contributed by atoms with Gasteiger partial charge in [0.2, 0.25) is 0 Å². The second kappa shape index (κ2) is 4.47. The summed E-state index contributed by atoms with van der Waals surface area (Å²) in [5.41, 5.74) is 0. The summed E-state index contributed by atoms with van der Waals surface area (Å²) < 4.78 is 12.2. The third kappa shape index (κ3) is 5.46. The molecular weight excluding hydrogens is 121 g/mol. The molecule has 54 valence electrons. The van der Waals surface area contributed by atoms with Gasteiger partial charge in [-0.05, 0) is 13.8 Å². The molecule has 0 amide bonds. The maximum Gasteiger partial charge on any atom is 0.110 e. The van der Waals surface area contributed by atoms with Gasteiger partial charge in [-0.15, -0.1) is 0 Å². The Morgan fingerprint density at radius 1 is 1.89 bits per heavy atom. The fourth-order valence-electron chi connectivity index (χ4n) is 0.347. The molecule has 0 radical (unpaired) electrons. The number of nitrogens with one attached hydrogen (secondary N) is 1. The highest BCUT2D eigenvalue weighted by atomic mass is 19.1. The van der Waals surface area contributed by atoms with Crippen molar-refractivity contribution in [3.8, 4) is 0 Å². The van der Waals surface area contributed by atoms with Crippen molar-refractivity contribution in [1.82, 2.24) is 5.32 Å². The lowest BCUT2D eigenvalue weighted by Gasteiger charge is -2.03. The van der Waals surface area contributed by atoms with Crippen LogP contribution in [-0.2, 0) is 0 Å². The molecule has 0 aliphatic rings. The number of aliphatic hydroxyl groups excluding tert-OH is 1. The molecule has 0 aromatic rings. The Kier molecular flexibility index (Phi) is 4.26. The molecule has 0 heterocycles. The minimum absolute atomic E-state index is 0.105. The van der Waals surface area contributed by atoms with Gasteiger partial charge in [0, 0.05) is 6.54 Å². The number of aliphatic hydroxyl groups is 1. The van der Waals surface area contributed by atoms with Gasteiger partial charge in [-0.2, -0.15) is 0 Å². The van der Waals surface area contributed by atoms with Crippen LogP contribution in [0, 0.1) is 0 Å². The summed E-state index contributed by atoms with van der Waals surface area (Å²) in [5, 5.41) is 11.1. The monoisotopic (exact) mass is 133 g/mol. The van der Waals surface area contributed by atoms with Crippen LogP contribution in [0.1, 0.15) is 13.8 Å². The zero-order valence-electron chi connectivity index (χ0n) is 5.69. The van der Waals surface area contributed by atoms with E-state index in [9.17, 15) is 4.39 Å². The number of halogens is 1. The molecule has 0 spiro atoms. The average Bonchev–Trinajstić information content (AvgIpc) is 1.83. The van der Waals surface area contributed by atoms with E-state index in [-0.39, 0.29) is 12.4 Å². The molecule has 0 fully saturated rings. The number of rotatable bonds is 3. The molecule has 0 saturated carbocycles. The van der Waals surface area contributed by atoms with E-state index in [4.69, 9.17) is 5.11 Å². The lowest BCUT2D eigenvalue weighted by atomic mass is 10.5. The van der Waals surface area contributed by atoms with Crippen molar-refractivity contribution in [3.63, 3.8) is 0 Å². The highest BCUT2D eigenvalue weighted by Crippen LogP contribution is 1.91. The van der Waals surface area contributed by atoms with Crippen LogP contribution in [0.5, 0.6) is 0 Å². The second-order valence-corrected chi connectivity index (χ2v) is 1.79. The third-order valence-corrected chi connectivity index (χ3v) is 0.880. The smallest absolute Gasteiger partial charge is 0.110 e. The summed E-state index contributed by atoms with van der Waals surface area (Å²) >= 11 is 0. The van der Waals surface area contributed by atoms with Gasteiger partial charge in [0.15, 0.2) is 0 Å². The van der Waals surface area contributed by atoms with Crippen molar-refractivity contribution in [2.24, 2.45) is 0 Å². The van der Waals surface area contributed by atoms with E-state index >= 15 is 0 Å². The zero-order chi connectivity index (χ0) is 7.28. The number of hydrogen-bond donors (Lipinski definition) is 2. The van der Waals surface area contributed by atoms with Gasteiger partial charge in [-0.25, -0.2) is 4.39 Å². The molecule has 9 heavy (non-hydrogen) atoms. The van der Waals surface area contributed by atoms with Gasteiger partial charge in [-0.1, -0.05) is 6.08 Å². The maximum atomic E-state index is 12.2. The summed E-state index contributed by atoms with van der Waals surface area (Å²) in [4.78, 5) is 0. The van der Waals surface area contributed by atoms with Gasteiger partial charge in [0.25, 0.3) is 0 Å². The minimum atomic E-state index is -0.643. The standard InChI is InChI=1S/C6H12FNO/c1-3-6(7)4-8-5(2)9/h3,5,8-9H,4H2,1-2H3/b6-3+. The first kappa shape index (κ1) is 8.59. The van der Waals surface area contributed by atoms with Crippen LogP contribution in [-0.4, -0.2) is 17.9 Å². The van der Waals surface area contributed by atoms with E-state index < -0.39 is 6.23 Å². The van der Waals surface area contributed by atoms with E-state index in [1.54, 1.807) is 13.8 Å². The van der Waals surface area contributed by atoms with Gasteiger partial charge in [-0.3, -0.25) is 5.32 Å². The highest BCUT2D eigenvalue weighted by Gasteiger charge is 1.94. The molecule has 0 aliphatic carbocycles. The fourth-order valence-corrected chi connectivity index (χ4v) is 0.347. The van der Waals surface area contributed by atoms with Crippen molar-refractivity contribution in [2.45, 2.75) is 20.1 Å².